The maximum Gasteiger partial charge on any atom is 0.236 e. The molecule has 2 aromatic carbocycles. The number of benzene rings is 2. The Morgan fingerprint density at radius 3 is 2.48 bits per heavy atom. The number of nitrogens with one attached hydrogen (secondary N) is 1. The molecule has 8 heteroatoms. The van der Waals surface area contributed by atoms with Crippen molar-refractivity contribution in [2.75, 3.05) is 39.8 Å². The van der Waals surface area contributed by atoms with Crippen LogP contribution in [0.2, 0.25) is 0 Å². The average Bonchev–Trinajstić information content (AvgIpc) is 3.51. The van der Waals surface area contributed by atoms with Gasteiger partial charge in [0.25, 0.3) is 0 Å². The van der Waals surface area contributed by atoms with Gasteiger partial charge in [-0.2, -0.15) is 0 Å². The molecule has 1 heterocycles. The minimum Gasteiger partial charge on any atom is -0.489 e. The van der Waals surface area contributed by atoms with Crippen LogP contribution in [-0.4, -0.2) is 61.5 Å². The normalized spacial score (nSPS) is 20.4. The zero-order valence-electron chi connectivity index (χ0n) is 17.6. The number of piperazine rings is 1. The lowest BCUT2D eigenvalue weighted by Gasteiger charge is -2.32. The van der Waals surface area contributed by atoms with Crippen LogP contribution < -0.4 is 10.1 Å². The molecule has 4 rings (SSSR count). The lowest BCUT2D eigenvalue weighted by atomic mass is 10.1. The predicted octanol–water partition coefficient (Wildman–Crippen LogP) is 4.09. The highest BCUT2D eigenvalue weighted by Crippen LogP contribution is 2.41. The number of rotatable bonds is 7. The molecular weight excluding hydrogens is 501 g/mol. The van der Waals surface area contributed by atoms with E-state index in [9.17, 15) is 4.79 Å². The standard InChI is InChI=1S/C23H28BrN3O2.2ClH/c1-26-9-11-27(12-10-26)23(28)15-25-22-14-21(22)18-5-7-20(8-6-18)29-16-17-3-2-4-19(24)13-17;;/h2-8,13,21-22,25H,9-12,14-16H2,1H3;2*1H. The fourth-order valence-corrected chi connectivity index (χ4v) is 4.23. The smallest absolute Gasteiger partial charge is 0.236 e. The largest absolute Gasteiger partial charge is 0.489 e. The number of carbonyl (C=O) groups is 1. The zero-order valence-corrected chi connectivity index (χ0v) is 20.8. The van der Waals surface area contributed by atoms with E-state index in [0.717, 1.165) is 48.4 Å². The Hall–Kier alpha value is -1.31. The third-order valence-electron chi connectivity index (χ3n) is 5.76. The van der Waals surface area contributed by atoms with E-state index in [1.54, 1.807) is 0 Å². The van der Waals surface area contributed by atoms with Gasteiger partial charge in [0.2, 0.25) is 5.91 Å². The van der Waals surface area contributed by atoms with Crippen LogP contribution in [0, 0.1) is 0 Å². The van der Waals surface area contributed by atoms with Crippen LogP contribution in [0.3, 0.4) is 0 Å². The highest BCUT2D eigenvalue weighted by atomic mass is 79.9. The van der Waals surface area contributed by atoms with E-state index in [0.29, 0.717) is 25.1 Å². The van der Waals surface area contributed by atoms with Crippen molar-refractivity contribution < 1.29 is 9.53 Å². The maximum absolute atomic E-state index is 12.4. The van der Waals surface area contributed by atoms with Gasteiger partial charge in [0.05, 0.1) is 6.54 Å². The summed E-state index contributed by atoms with van der Waals surface area (Å²) in [5, 5.41) is 3.44. The van der Waals surface area contributed by atoms with Crippen LogP contribution in [0.1, 0.15) is 23.5 Å². The van der Waals surface area contributed by atoms with Crippen molar-refractivity contribution in [1.29, 1.82) is 0 Å². The van der Waals surface area contributed by atoms with Crippen LogP contribution in [0.4, 0.5) is 0 Å². The van der Waals surface area contributed by atoms with Gasteiger partial charge in [0.15, 0.2) is 0 Å². The number of halogens is 3. The second-order valence-corrected chi connectivity index (χ2v) is 8.92. The molecule has 5 nitrogen and oxygen atoms in total. The summed E-state index contributed by atoms with van der Waals surface area (Å²) in [6, 6.07) is 16.9. The molecule has 31 heavy (non-hydrogen) atoms. The first kappa shape index (κ1) is 25.9. The third-order valence-corrected chi connectivity index (χ3v) is 6.26. The predicted molar refractivity (Wildman–Crippen MR) is 133 cm³/mol. The van der Waals surface area contributed by atoms with Crippen molar-refractivity contribution in [3.05, 3.63) is 64.1 Å². The van der Waals surface area contributed by atoms with Gasteiger partial charge in [-0.25, -0.2) is 0 Å². The summed E-state index contributed by atoms with van der Waals surface area (Å²) in [6.45, 7) is 4.61. The second-order valence-electron chi connectivity index (χ2n) is 8.00. The molecule has 2 atom stereocenters. The van der Waals surface area contributed by atoms with Crippen LogP contribution in [0.25, 0.3) is 0 Å². The molecule has 0 bridgehead atoms. The molecular formula is C23H30BrCl2N3O2. The number of carbonyl (C=O) groups excluding carboxylic acids is 1. The van der Waals surface area contributed by atoms with E-state index in [1.165, 1.54) is 5.56 Å². The van der Waals surface area contributed by atoms with E-state index in [2.05, 4.69) is 57.5 Å². The van der Waals surface area contributed by atoms with Crippen molar-refractivity contribution in [2.45, 2.75) is 25.0 Å². The van der Waals surface area contributed by atoms with Crippen LogP contribution in [0.15, 0.2) is 53.0 Å². The van der Waals surface area contributed by atoms with Crippen LogP contribution in [-0.2, 0) is 11.4 Å². The van der Waals surface area contributed by atoms with Crippen LogP contribution in [0.5, 0.6) is 5.75 Å². The summed E-state index contributed by atoms with van der Waals surface area (Å²) in [7, 11) is 2.10. The molecule has 1 saturated heterocycles. The van der Waals surface area contributed by atoms with E-state index < -0.39 is 0 Å². The Labute approximate surface area is 205 Å². The molecule has 2 fully saturated rings. The SMILES string of the molecule is CN1CCN(C(=O)CNC2CC2c2ccc(OCc3cccc(Br)c3)cc2)CC1.Cl.Cl. The average molecular weight is 531 g/mol. The van der Waals surface area contributed by atoms with Gasteiger partial charge in [0.1, 0.15) is 12.4 Å². The van der Waals surface area contributed by atoms with Gasteiger partial charge in [-0.3, -0.25) is 4.79 Å². The molecule has 1 N–H and O–H groups in total. The number of hydrogen-bond acceptors (Lipinski definition) is 4. The van der Waals surface area contributed by atoms with E-state index in [4.69, 9.17) is 4.74 Å². The minimum absolute atomic E-state index is 0. The van der Waals surface area contributed by atoms with E-state index >= 15 is 0 Å². The Morgan fingerprint density at radius 2 is 1.81 bits per heavy atom. The molecule has 1 amide bonds. The lowest BCUT2D eigenvalue weighted by molar-refractivity contribution is -0.131. The first-order chi connectivity index (χ1) is 14.1. The Morgan fingerprint density at radius 1 is 1.10 bits per heavy atom. The second kappa shape index (κ2) is 12.1. The Bertz CT molecular complexity index is 845. The van der Waals surface area contributed by atoms with Crippen molar-refractivity contribution >= 4 is 46.7 Å². The van der Waals surface area contributed by atoms with Crippen molar-refractivity contribution in [3.8, 4) is 5.75 Å². The lowest BCUT2D eigenvalue weighted by Crippen LogP contribution is -2.49. The van der Waals surface area contributed by atoms with Crippen molar-refractivity contribution in [1.82, 2.24) is 15.1 Å². The topological polar surface area (TPSA) is 44.8 Å². The quantitative estimate of drug-likeness (QED) is 0.585. The summed E-state index contributed by atoms with van der Waals surface area (Å²) < 4.78 is 6.95. The molecule has 0 radical (unpaired) electrons. The number of hydrogen-bond donors (Lipinski definition) is 1. The number of nitrogens with zero attached hydrogens (tertiary/aromatic N) is 2. The maximum atomic E-state index is 12.4. The molecule has 2 aliphatic rings. The van der Waals surface area contributed by atoms with Gasteiger partial charge in [-0.05, 0) is 48.9 Å². The first-order valence-electron chi connectivity index (χ1n) is 10.3. The zero-order chi connectivity index (χ0) is 20.2. The van der Waals surface area contributed by atoms with Gasteiger partial charge in [-0.15, -0.1) is 24.8 Å². The van der Waals surface area contributed by atoms with Gasteiger partial charge in [-0.1, -0.05) is 40.2 Å². The molecule has 2 unspecified atom stereocenters. The van der Waals surface area contributed by atoms with E-state index in [-0.39, 0.29) is 30.7 Å². The minimum atomic E-state index is 0. The molecule has 1 aliphatic heterocycles. The van der Waals surface area contributed by atoms with Crippen molar-refractivity contribution in [3.63, 3.8) is 0 Å². The number of ether oxygens (including phenoxy) is 1. The molecule has 2 aromatic rings. The molecule has 1 aliphatic carbocycles. The third kappa shape index (κ3) is 7.36. The number of amides is 1. The summed E-state index contributed by atoms with van der Waals surface area (Å²) >= 11 is 3.49. The van der Waals surface area contributed by atoms with Gasteiger partial charge < -0.3 is 19.9 Å². The Balaban J connectivity index is 0.00000171. The van der Waals surface area contributed by atoms with Crippen LogP contribution >= 0.6 is 40.7 Å². The fourth-order valence-electron chi connectivity index (χ4n) is 3.78. The summed E-state index contributed by atoms with van der Waals surface area (Å²) in [5.74, 6) is 1.60. The molecule has 1 saturated carbocycles. The number of likely N-dealkylation sites (N-methyl/N-ethyl adjacent to an activating group) is 1. The summed E-state index contributed by atoms with van der Waals surface area (Å²) in [5.41, 5.74) is 2.45. The van der Waals surface area contributed by atoms with Gasteiger partial charge in [0, 0.05) is 42.6 Å². The van der Waals surface area contributed by atoms with E-state index in [1.807, 2.05) is 29.2 Å². The molecule has 170 valence electrons. The van der Waals surface area contributed by atoms with Crippen molar-refractivity contribution in [2.24, 2.45) is 0 Å². The summed E-state index contributed by atoms with van der Waals surface area (Å²) in [4.78, 5) is 16.6. The van der Waals surface area contributed by atoms with Gasteiger partial charge >= 0.3 is 0 Å². The molecule has 0 spiro atoms. The first-order valence-corrected chi connectivity index (χ1v) is 11.0. The monoisotopic (exact) mass is 529 g/mol. The highest BCUT2D eigenvalue weighted by molar-refractivity contribution is 9.10. The Kier molecular flexibility index (Phi) is 10.1. The fraction of sp³-hybridized carbons (Fsp3) is 0.435. The highest BCUT2D eigenvalue weighted by Gasteiger charge is 2.38. The summed E-state index contributed by atoms with van der Waals surface area (Å²) in [6.07, 6.45) is 1.09. The molecule has 0 aromatic heterocycles.